The van der Waals surface area contributed by atoms with Crippen LogP contribution in [0, 0.1) is 5.92 Å². The predicted molar refractivity (Wildman–Crippen MR) is 335 cm³/mol. The Hall–Kier alpha value is -1.94. The van der Waals surface area contributed by atoms with E-state index in [1.807, 2.05) is 0 Å². The molecule has 0 fully saturated rings. The highest BCUT2D eigenvalue weighted by Gasteiger charge is 2.30. The van der Waals surface area contributed by atoms with Gasteiger partial charge in [-0.2, -0.15) is 0 Å². The van der Waals surface area contributed by atoms with Crippen LogP contribution in [0.25, 0.3) is 0 Å². The summed E-state index contributed by atoms with van der Waals surface area (Å²) in [7, 11) is -9.89. The molecule has 0 amide bonds. The van der Waals surface area contributed by atoms with Crippen molar-refractivity contribution >= 4 is 39.5 Å². The van der Waals surface area contributed by atoms with E-state index in [1.165, 1.54) is 154 Å². The molecule has 0 aromatic heterocycles. The standard InChI is InChI=1S/C65H126O17P2/c1-6-10-13-16-19-22-25-27-30-33-39-44-49-63(68)75-54-60(81-64(69)50-45-40-34-31-28-26-23-20-17-14-11-7-2)56-79-83(71,72)77-52-59(66)53-78-84(73,74)80-57-61(82-65(70)51-46-41-36-35-37-42-47-58(5)9-4)55-76-62(67)48-43-38-32-29-24-21-18-15-12-8-3/h58-61,66H,6-57H2,1-5H3,(H,71,72)(H,73,74)/t58?,59-,60-,61-/m1/s1. The fraction of sp³-hybridized carbons (Fsp3) is 0.938. The fourth-order valence-corrected chi connectivity index (χ4v) is 11.3. The number of carbonyl (C=O) groups excluding carboxylic acids is 4. The van der Waals surface area contributed by atoms with Gasteiger partial charge in [0.25, 0.3) is 0 Å². The molecule has 3 unspecified atom stereocenters. The molecule has 19 heteroatoms. The molecule has 6 atom stereocenters. The van der Waals surface area contributed by atoms with E-state index in [2.05, 4.69) is 34.6 Å². The number of esters is 4. The largest absolute Gasteiger partial charge is 0.472 e. The fourth-order valence-electron chi connectivity index (χ4n) is 9.73. The Kier molecular flexibility index (Phi) is 57.4. The van der Waals surface area contributed by atoms with Gasteiger partial charge in [0, 0.05) is 25.7 Å². The van der Waals surface area contributed by atoms with Crippen LogP contribution in [0.15, 0.2) is 0 Å². The molecule has 0 aliphatic heterocycles. The number of rotatable bonds is 65. The first-order valence-electron chi connectivity index (χ1n) is 34.2. The molecule has 0 spiro atoms. The second-order valence-electron chi connectivity index (χ2n) is 23.7. The zero-order valence-corrected chi connectivity index (χ0v) is 55.8. The van der Waals surface area contributed by atoms with Gasteiger partial charge in [0.15, 0.2) is 12.2 Å². The van der Waals surface area contributed by atoms with Gasteiger partial charge in [-0.15, -0.1) is 0 Å². The van der Waals surface area contributed by atoms with Crippen molar-refractivity contribution in [3.63, 3.8) is 0 Å². The van der Waals surface area contributed by atoms with Crippen LogP contribution in [0.5, 0.6) is 0 Å². The third kappa shape index (κ3) is 57.8. The third-order valence-corrected chi connectivity index (χ3v) is 17.3. The quantitative estimate of drug-likeness (QED) is 0.0222. The molecule has 0 rings (SSSR count). The minimum absolute atomic E-state index is 0.103. The summed E-state index contributed by atoms with van der Waals surface area (Å²) < 4.78 is 68.0. The zero-order valence-electron chi connectivity index (χ0n) is 54.0. The third-order valence-electron chi connectivity index (χ3n) is 15.4. The molecular weight excluding hydrogens is 1110 g/mol. The number of carbonyl (C=O) groups is 4. The lowest BCUT2D eigenvalue weighted by Crippen LogP contribution is -2.30. The van der Waals surface area contributed by atoms with E-state index >= 15 is 0 Å². The van der Waals surface area contributed by atoms with Crippen LogP contribution in [0.4, 0.5) is 0 Å². The van der Waals surface area contributed by atoms with Gasteiger partial charge >= 0.3 is 39.5 Å². The number of aliphatic hydroxyl groups is 1. The Balaban J connectivity index is 5.24. The van der Waals surface area contributed by atoms with Gasteiger partial charge in [-0.1, -0.05) is 279 Å². The molecule has 0 radical (unpaired) electrons. The monoisotopic (exact) mass is 1240 g/mol. The van der Waals surface area contributed by atoms with Crippen molar-refractivity contribution < 1.29 is 80.2 Å². The van der Waals surface area contributed by atoms with E-state index < -0.39 is 97.5 Å². The minimum Gasteiger partial charge on any atom is -0.462 e. The number of ether oxygens (including phenoxy) is 4. The van der Waals surface area contributed by atoms with Crippen molar-refractivity contribution in [2.24, 2.45) is 5.92 Å². The van der Waals surface area contributed by atoms with Gasteiger partial charge in [0.2, 0.25) is 0 Å². The molecule has 0 saturated heterocycles. The maximum Gasteiger partial charge on any atom is 0.472 e. The molecule has 0 aromatic carbocycles. The second-order valence-corrected chi connectivity index (χ2v) is 26.7. The summed E-state index contributed by atoms with van der Waals surface area (Å²) in [5, 5.41) is 10.5. The predicted octanol–water partition coefficient (Wildman–Crippen LogP) is 18.2. The number of hydrogen-bond donors (Lipinski definition) is 3. The Morgan fingerprint density at radius 3 is 0.845 bits per heavy atom. The second kappa shape index (κ2) is 58.7. The summed E-state index contributed by atoms with van der Waals surface area (Å²) in [6.07, 6.45) is 42.9. The lowest BCUT2D eigenvalue weighted by Gasteiger charge is -2.21. The highest BCUT2D eigenvalue weighted by atomic mass is 31.2. The van der Waals surface area contributed by atoms with Gasteiger partial charge in [0.05, 0.1) is 26.4 Å². The molecule has 0 aromatic rings. The van der Waals surface area contributed by atoms with Crippen LogP contribution in [0.2, 0.25) is 0 Å². The molecule has 0 heterocycles. The van der Waals surface area contributed by atoms with Crippen LogP contribution in [0.3, 0.4) is 0 Å². The first-order valence-corrected chi connectivity index (χ1v) is 37.2. The average molecular weight is 1240 g/mol. The number of phosphoric ester groups is 2. The van der Waals surface area contributed by atoms with E-state index in [0.29, 0.717) is 25.7 Å². The Morgan fingerprint density at radius 2 is 0.571 bits per heavy atom. The summed E-state index contributed by atoms with van der Waals surface area (Å²) in [5.74, 6) is -1.41. The molecule has 84 heavy (non-hydrogen) atoms. The molecule has 17 nitrogen and oxygen atoms in total. The van der Waals surface area contributed by atoms with Crippen molar-refractivity contribution in [2.45, 2.75) is 348 Å². The van der Waals surface area contributed by atoms with Crippen molar-refractivity contribution in [1.29, 1.82) is 0 Å². The molecule has 0 aliphatic carbocycles. The summed E-state index contributed by atoms with van der Waals surface area (Å²) in [5.41, 5.74) is 0. The van der Waals surface area contributed by atoms with E-state index in [-0.39, 0.29) is 25.7 Å². The topological polar surface area (TPSA) is 237 Å². The van der Waals surface area contributed by atoms with Crippen molar-refractivity contribution in [2.75, 3.05) is 39.6 Å². The summed E-state index contributed by atoms with van der Waals surface area (Å²) >= 11 is 0. The Bertz CT molecular complexity index is 1640. The Labute approximate surface area is 511 Å². The normalized spacial score (nSPS) is 14.5. The average Bonchev–Trinajstić information content (AvgIpc) is 3.50. The number of hydrogen-bond acceptors (Lipinski definition) is 15. The highest BCUT2D eigenvalue weighted by molar-refractivity contribution is 7.47. The van der Waals surface area contributed by atoms with Gasteiger partial charge in [0.1, 0.15) is 19.3 Å². The van der Waals surface area contributed by atoms with Crippen LogP contribution in [0.1, 0.15) is 330 Å². The maximum atomic E-state index is 13.0. The molecule has 3 N–H and O–H groups in total. The molecule has 0 bridgehead atoms. The first kappa shape index (κ1) is 82.1. The summed E-state index contributed by atoms with van der Waals surface area (Å²) in [6.45, 7) is 7.15. The lowest BCUT2D eigenvalue weighted by atomic mass is 10.00. The number of aliphatic hydroxyl groups excluding tert-OH is 1. The van der Waals surface area contributed by atoms with Gasteiger partial charge in [-0.05, 0) is 31.6 Å². The van der Waals surface area contributed by atoms with Crippen LogP contribution in [-0.4, -0.2) is 96.7 Å². The molecule has 498 valence electrons. The van der Waals surface area contributed by atoms with Crippen molar-refractivity contribution in [3.8, 4) is 0 Å². The van der Waals surface area contributed by atoms with E-state index in [4.69, 9.17) is 37.0 Å². The molecule has 0 saturated carbocycles. The summed E-state index contributed by atoms with van der Waals surface area (Å²) in [6, 6.07) is 0. The van der Waals surface area contributed by atoms with Crippen molar-refractivity contribution in [3.05, 3.63) is 0 Å². The smallest absolute Gasteiger partial charge is 0.462 e. The highest BCUT2D eigenvalue weighted by Crippen LogP contribution is 2.45. The van der Waals surface area contributed by atoms with E-state index in [1.54, 1.807) is 0 Å². The zero-order chi connectivity index (χ0) is 62.0. The van der Waals surface area contributed by atoms with Crippen molar-refractivity contribution in [1.82, 2.24) is 0 Å². The van der Waals surface area contributed by atoms with Crippen LogP contribution < -0.4 is 0 Å². The first-order chi connectivity index (χ1) is 40.6. The van der Waals surface area contributed by atoms with Gasteiger partial charge in [-0.3, -0.25) is 37.3 Å². The van der Waals surface area contributed by atoms with Gasteiger partial charge < -0.3 is 33.8 Å². The minimum atomic E-state index is -4.94. The summed E-state index contributed by atoms with van der Waals surface area (Å²) in [4.78, 5) is 72.2. The molecule has 0 aliphatic rings. The molecular formula is C65H126O17P2. The van der Waals surface area contributed by atoms with E-state index in [9.17, 15) is 43.2 Å². The van der Waals surface area contributed by atoms with Crippen LogP contribution in [-0.2, 0) is 65.4 Å². The van der Waals surface area contributed by atoms with E-state index in [0.717, 1.165) is 95.8 Å². The lowest BCUT2D eigenvalue weighted by molar-refractivity contribution is -0.161. The van der Waals surface area contributed by atoms with Gasteiger partial charge in [-0.25, -0.2) is 9.13 Å². The SMILES string of the molecule is CCCCCCCCCCCCCCC(=O)OC[C@H](COP(=O)(O)OC[C@@H](O)COP(=O)(O)OC[C@@H](COC(=O)CCCCCCCCCCCC)OC(=O)CCCCCCCCC(C)CC)OC(=O)CCCCCCCCCCCCCC. The maximum absolute atomic E-state index is 13.0. The number of unbranched alkanes of at least 4 members (excludes halogenated alkanes) is 36. The number of phosphoric acid groups is 2. The van der Waals surface area contributed by atoms with Crippen LogP contribution >= 0.6 is 15.6 Å². The Morgan fingerprint density at radius 1 is 0.333 bits per heavy atom.